The van der Waals surface area contributed by atoms with Crippen molar-refractivity contribution in [2.45, 2.75) is 0 Å². The van der Waals surface area contributed by atoms with E-state index in [1.807, 2.05) is 42.7 Å². The first kappa shape index (κ1) is 14.1. The monoisotopic (exact) mass is 339 g/mol. The van der Waals surface area contributed by atoms with Gasteiger partial charge in [0.2, 0.25) is 0 Å². The molecule has 102 valence electrons. The van der Waals surface area contributed by atoms with Crippen molar-refractivity contribution in [3.05, 3.63) is 55.1 Å². The molecule has 0 spiro atoms. The van der Waals surface area contributed by atoms with Crippen molar-refractivity contribution in [1.82, 2.24) is 24.5 Å². The minimum absolute atomic E-state index is 0.569. The zero-order chi connectivity index (χ0) is 13.5. The van der Waals surface area contributed by atoms with Crippen LogP contribution in [0.25, 0.3) is 11.6 Å². The van der Waals surface area contributed by atoms with Crippen LogP contribution in [0.15, 0.2) is 55.1 Å². The van der Waals surface area contributed by atoms with E-state index in [0.29, 0.717) is 12.7 Å². The van der Waals surface area contributed by atoms with Gasteiger partial charge in [-0.15, -0.1) is 0 Å². The van der Waals surface area contributed by atoms with Crippen molar-refractivity contribution < 1.29 is 12.7 Å². The summed E-state index contributed by atoms with van der Waals surface area (Å²) < 4.78 is 3.43. The summed E-state index contributed by atoms with van der Waals surface area (Å²) in [7, 11) is 9.40. The Morgan fingerprint density at radius 2 is 1.32 bits per heavy atom. The Morgan fingerprint density at radius 3 is 1.68 bits per heavy atom. The van der Waals surface area contributed by atoms with Crippen molar-refractivity contribution in [1.29, 1.82) is 0 Å². The number of halogens is 2. The van der Waals surface area contributed by atoms with E-state index in [4.69, 9.17) is 20.4 Å². The summed E-state index contributed by atoms with van der Waals surface area (Å²) in [5.41, 5.74) is 0. The van der Waals surface area contributed by atoms with E-state index in [9.17, 15) is 0 Å². The third-order valence-corrected chi connectivity index (χ3v) is 2.20. The molecule has 3 rings (SSSR count). The minimum Gasteiger partial charge on any atom is -0.223 e. The molecule has 0 radical (unpaired) electrons. The maximum Gasteiger partial charge on any atom is 0.155 e. The molecular formula is C11H9Cl2N5Ni. The molecule has 0 amide bonds. The van der Waals surface area contributed by atoms with E-state index < -0.39 is 0 Å². The largest absolute Gasteiger partial charge is 0.223 e. The Kier molecular flexibility index (Phi) is 5.39. The molecule has 0 saturated heterocycles. The summed E-state index contributed by atoms with van der Waals surface area (Å²) in [5.74, 6) is 1.55. The molecule has 0 aliphatic heterocycles. The van der Waals surface area contributed by atoms with Crippen LogP contribution in [0.3, 0.4) is 0 Å². The first-order valence-electron chi connectivity index (χ1n) is 5.14. The predicted molar refractivity (Wildman–Crippen MR) is 70.2 cm³/mol. The van der Waals surface area contributed by atoms with Gasteiger partial charge in [0, 0.05) is 24.8 Å². The maximum atomic E-state index is 4.70. The standard InChI is InChI=1S/C11H9N5.2ClH.Ni/c1-4-10(15-8-2-6-12-15)14-11(5-1)16-9-3-7-13-16;;;/h1-9H;2*1H;/q;;;+2/p-2. The van der Waals surface area contributed by atoms with Crippen LogP contribution >= 0.6 is 20.4 Å². The number of rotatable bonds is 2. The third kappa shape index (κ3) is 3.80. The fourth-order valence-corrected chi connectivity index (χ4v) is 1.48. The Morgan fingerprint density at radius 1 is 0.842 bits per heavy atom. The Bertz CT molecular complexity index is 548. The average Bonchev–Trinajstić information content (AvgIpc) is 3.14. The minimum atomic E-state index is 0.569. The van der Waals surface area contributed by atoms with Crippen LogP contribution < -0.4 is 0 Å². The van der Waals surface area contributed by atoms with Crippen LogP contribution in [-0.4, -0.2) is 24.5 Å². The molecular weight excluding hydrogens is 332 g/mol. The van der Waals surface area contributed by atoms with Crippen molar-refractivity contribution in [3.63, 3.8) is 0 Å². The van der Waals surface area contributed by atoms with Crippen molar-refractivity contribution in [2.75, 3.05) is 0 Å². The normalized spacial score (nSPS) is 10.0. The van der Waals surface area contributed by atoms with Crippen molar-refractivity contribution in [2.24, 2.45) is 0 Å². The predicted octanol–water partition coefficient (Wildman–Crippen LogP) is 2.83. The summed E-state index contributed by atoms with van der Waals surface area (Å²) >= 11 is 0.569. The number of hydrogen-bond donors (Lipinski definition) is 0. The molecule has 5 nitrogen and oxygen atoms in total. The maximum absolute atomic E-state index is 4.70. The molecule has 3 aromatic rings. The van der Waals surface area contributed by atoms with E-state index in [0.717, 1.165) is 11.6 Å². The van der Waals surface area contributed by atoms with Crippen molar-refractivity contribution >= 4 is 20.4 Å². The summed E-state index contributed by atoms with van der Waals surface area (Å²) in [4.78, 5) is 4.46. The van der Waals surface area contributed by atoms with Gasteiger partial charge < -0.3 is 0 Å². The van der Waals surface area contributed by atoms with Gasteiger partial charge in [0.15, 0.2) is 11.6 Å². The van der Waals surface area contributed by atoms with E-state index in [-0.39, 0.29) is 0 Å². The fourth-order valence-electron chi connectivity index (χ4n) is 1.48. The number of pyridine rings is 1. The Balaban J connectivity index is 0.000000408. The fraction of sp³-hybridized carbons (Fsp3) is 0. The molecule has 3 heterocycles. The van der Waals surface area contributed by atoms with Gasteiger partial charge in [-0.2, -0.15) is 10.2 Å². The van der Waals surface area contributed by atoms with Gasteiger partial charge in [-0.05, 0) is 24.3 Å². The van der Waals surface area contributed by atoms with Gasteiger partial charge in [-0.1, -0.05) is 6.07 Å². The van der Waals surface area contributed by atoms with E-state index in [1.54, 1.807) is 21.8 Å². The molecule has 0 aromatic carbocycles. The van der Waals surface area contributed by atoms with Crippen molar-refractivity contribution in [3.8, 4) is 11.6 Å². The molecule has 0 aliphatic rings. The van der Waals surface area contributed by atoms with Crippen LogP contribution in [0.5, 0.6) is 0 Å². The summed E-state index contributed by atoms with van der Waals surface area (Å²) in [6, 6.07) is 9.46. The van der Waals surface area contributed by atoms with E-state index >= 15 is 0 Å². The summed E-state index contributed by atoms with van der Waals surface area (Å²) in [6.45, 7) is 0. The number of aromatic nitrogens is 5. The quantitative estimate of drug-likeness (QED) is 0.674. The smallest absolute Gasteiger partial charge is 0.155 e. The molecule has 0 N–H and O–H groups in total. The van der Waals surface area contributed by atoms with Crippen LogP contribution in [0.2, 0.25) is 0 Å². The van der Waals surface area contributed by atoms with Gasteiger partial charge in [-0.25, -0.2) is 14.3 Å². The van der Waals surface area contributed by atoms with Crippen LogP contribution in [0.1, 0.15) is 0 Å². The molecule has 0 fully saturated rings. The van der Waals surface area contributed by atoms with Gasteiger partial charge in [0.25, 0.3) is 0 Å². The summed E-state index contributed by atoms with van der Waals surface area (Å²) in [5, 5.41) is 8.27. The molecule has 3 aromatic heterocycles. The SMILES string of the molecule is [Cl][Ni][Cl].c1cc(-n2cccn2)nc(-n2cccn2)c1. The average molecular weight is 341 g/mol. The second kappa shape index (κ2) is 7.29. The molecule has 0 saturated carbocycles. The molecule has 0 unspecified atom stereocenters. The van der Waals surface area contributed by atoms with Gasteiger partial charge in [0.1, 0.15) is 0 Å². The molecule has 0 bridgehead atoms. The van der Waals surface area contributed by atoms with Crippen LogP contribution in [0, 0.1) is 0 Å². The zero-order valence-corrected chi connectivity index (χ0v) is 12.0. The second-order valence-electron chi connectivity index (χ2n) is 3.30. The number of hydrogen-bond acceptors (Lipinski definition) is 3. The number of nitrogens with zero attached hydrogens (tertiary/aromatic N) is 5. The molecule has 19 heavy (non-hydrogen) atoms. The Hall–Kier alpha value is -1.36. The summed E-state index contributed by atoms with van der Waals surface area (Å²) in [6.07, 6.45) is 7.16. The topological polar surface area (TPSA) is 48.5 Å². The van der Waals surface area contributed by atoms with Gasteiger partial charge >= 0.3 is 33.0 Å². The van der Waals surface area contributed by atoms with Crippen LogP contribution in [0.4, 0.5) is 0 Å². The molecule has 0 aliphatic carbocycles. The third-order valence-electron chi connectivity index (χ3n) is 2.20. The first-order valence-corrected chi connectivity index (χ1v) is 7.86. The first-order chi connectivity index (χ1) is 9.35. The molecule has 8 heteroatoms. The second-order valence-corrected chi connectivity index (χ2v) is 4.93. The van der Waals surface area contributed by atoms with Gasteiger partial charge in [-0.3, -0.25) is 0 Å². The van der Waals surface area contributed by atoms with Gasteiger partial charge in [0.05, 0.1) is 0 Å². The Labute approximate surface area is 124 Å². The van der Waals surface area contributed by atoms with Crippen LogP contribution in [-0.2, 0) is 12.7 Å². The zero-order valence-electron chi connectivity index (χ0n) is 9.50. The van der Waals surface area contributed by atoms with E-state index in [1.165, 1.54) is 0 Å². The van der Waals surface area contributed by atoms with E-state index in [2.05, 4.69) is 15.2 Å². The molecule has 0 atom stereocenters.